The number of hydrogen-bond acceptors (Lipinski definition) is 18. The van der Waals surface area contributed by atoms with Gasteiger partial charge in [-0.15, -0.1) is 0 Å². The van der Waals surface area contributed by atoms with Gasteiger partial charge >= 0.3 is 6.09 Å². The summed E-state index contributed by atoms with van der Waals surface area (Å²) in [6.07, 6.45) is 5.49. The number of carbonyl (C=O) groups is 2. The van der Waals surface area contributed by atoms with Crippen molar-refractivity contribution in [3.63, 3.8) is 0 Å². The van der Waals surface area contributed by atoms with Crippen LogP contribution in [0, 0.1) is 0 Å². The van der Waals surface area contributed by atoms with Crippen LogP contribution in [0.4, 0.5) is 16.2 Å². The average Bonchev–Trinajstić information content (AvgIpc) is 2.44. The number of aliphatic hydroxyl groups excluding tert-OH is 3. The third-order valence-corrected chi connectivity index (χ3v) is 17.8. The van der Waals surface area contributed by atoms with E-state index in [0.717, 1.165) is 12.1 Å². The molecule has 5 rings (SSSR count). The number of nitrogens with zero attached hydrogens (tertiary/aromatic N) is 2. The lowest BCUT2D eigenvalue weighted by Gasteiger charge is -2.41. The average molecular weight is 1240 g/mol. The van der Waals surface area contributed by atoms with E-state index in [4.69, 9.17) is 18.9 Å². The third kappa shape index (κ3) is 19.1. The first kappa shape index (κ1) is 68.1. The van der Waals surface area contributed by atoms with Crippen LogP contribution >= 0.6 is 0 Å². The second-order valence-electron chi connectivity index (χ2n) is 21.0. The summed E-state index contributed by atoms with van der Waals surface area (Å²) >= 11 is 0. The summed E-state index contributed by atoms with van der Waals surface area (Å²) in [6, 6.07) is 8.48. The largest absolute Gasteiger partial charge is 0.438 e. The summed E-state index contributed by atoms with van der Waals surface area (Å²) in [7, 11) is -17.8. The van der Waals surface area contributed by atoms with Crippen LogP contribution in [-0.4, -0.2) is 184 Å². The van der Waals surface area contributed by atoms with Gasteiger partial charge in [-0.2, -0.15) is 38.2 Å². The minimum Gasteiger partial charge on any atom is -0.438 e. The summed E-state index contributed by atoms with van der Waals surface area (Å²) in [5.41, 5.74) is 2.03. The van der Waals surface area contributed by atoms with E-state index in [1.165, 1.54) is 30.3 Å². The van der Waals surface area contributed by atoms with Crippen molar-refractivity contribution in [3.8, 4) is 0 Å². The number of aliphatic hydroxyl groups is 3. The van der Waals surface area contributed by atoms with Crippen LogP contribution in [0.15, 0.2) is 82.3 Å². The van der Waals surface area contributed by atoms with Gasteiger partial charge in [0.25, 0.3) is 40.5 Å². The fourth-order valence-electron chi connectivity index (χ4n) is 10.2. The topological polar surface area (TPSA) is 380 Å². The molecule has 9 N–H and O–H groups in total. The number of allylic oxidation sites excluding steroid dienone is 6. The molecule has 0 spiro atoms. The van der Waals surface area contributed by atoms with Crippen molar-refractivity contribution in [1.82, 2.24) is 10.6 Å². The summed E-state index contributed by atoms with van der Waals surface area (Å²) < 4.78 is 158. The molecule has 0 aromatic heterocycles. The molecule has 1 fully saturated rings. The van der Waals surface area contributed by atoms with Crippen LogP contribution < -0.4 is 15.5 Å². The lowest BCUT2D eigenvalue weighted by molar-refractivity contribution is -0.438. The Morgan fingerprint density at radius 3 is 2.05 bits per heavy atom. The van der Waals surface area contributed by atoms with Crippen LogP contribution in [0.2, 0.25) is 0 Å². The van der Waals surface area contributed by atoms with Crippen LogP contribution in [0.3, 0.4) is 0 Å². The molecule has 2 amide bonds. The number of nitrogens with one attached hydrogen (secondary N) is 2. The highest BCUT2D eigenvalue weighted by molar-refractivity contribution is 7.86. The molecule has 3 aliphatic rings. The molecule has 25 nitrogen and oxygen atoms in total. The highest BCUT2D eigenvalue weighted by atomic mass is 32.2. The highest BCUT2D eigenvalue weighted by Crippen LogP contribution is 2.49. The number of rotatable bonds is 33. The lowest BCUT2D eigenvalue weighted by Crippen LogP contribution is -2.61. The van der Waals surface area contributed by atoms with E-state index in [1.54, 1.807) is 30.4 Å². The van der Waals surface area contributed by atoms with Gasteiger partial charge in [0.2, 0.25) is 11.6 Å². The van der Waals surface area contributed by atoms with Crippen molar-refractivity contribution >= 4 is 69.6 Å². The Morgan fingerprint density at radius 2 is 1.40 bits per heavy atom. The molecule has 3 aliphatic heterocycles. The molecule has 82 heavy (non-hydrogen) atoms. The van der Waals surface area contributed by atoms with E-state index in [1.807, 2.05) is 43.2 Å². The Bertz CT molecular complexity index is 3130. The molecule has 0 bridgehead atoms. The summed E-state index contributed by atoms with van der Waals surface area (Å²) in [5.74, 6) is -1.21. The predicted molar refractivity (Wildman–Crippen MR) is 301 cm³/mol. The molecule has 2 aromatic carbocycles. The number of amides is 2. The van der Waals surface area contributed by atoms with Crippen molar-refractivity contribution in [1.29, 1.82) is 0 Å². The molecule has 1 unspecified atom stereocenters. The molecule has 1 saturated heterocycles. The van der Waals surface area contributed by atoms with Gasteiger partial charge in [0, 0.05) is 67.0 Å². The zero-order chi connectivity index (χ0) is 60.7. The fourth-order valence-corrected chi connectivity index (χ4v) is 12.3. The van der Waals surface area contributed by atoms with E-state index in [2.05, 4.69) is 10.6 Å². The fraction of sp³-hybridized carbons (Fsp3) is 0.604. The maximum atomic E-state index is 12.8. The Kier molecular flexibility index (Phi) is 24.8. The monoisotopic (exact) mass is 1240 g/mol. The number of hydrogen-bond donors (Lipinski definition) is 9. The molecular formula is C53H79N4O21S4+. The number of unbranched alkanes of at least 4 members (excludes halogenated alkanes) is 5. The molecule has 0 radical (unpaired) electrons. The van der Waals surface area contributed by atoms with Crippen LogP contribution in [0.1, 0.15) is 109 Å². The predicted octanol–water partition coefficient (Wildman–Crippen LogP) is 4.10. The molecule has 460 valence electrons. The van der Waals surface area contributed by atoms with Gasteiger partial charge in [-0.3, -0.25) is 23.0 Å². The molecular weight excluding hydrogens is 1160 g/mol. The van der Waals surface area contributed by atoms with Crippen LogP contribution in [0.25, 0.3) is 0 Å². The zero-order valence-electron chi connectivity index (χ0n) is 46.5. The summed E-state index contributed by atoms with van der Waals surface area (Å²) in [6.45, 7) is 8.25. The number of ether oxygens (including phenoxy) is 4. The zero-order valence-corrected chi connectivity index (χ0v) is 49.7. The lowest BCUT2D eigenvalue weighted by atomic mass is 9.75. The second kappa shape index (κ2) is 29.9. The first-order valence-corrected chi connectivity index (χ1v) is 33.2. The number of carbonyl (C=O) groups excluding carboxylic acids is 2. The smallest absolute Gasteiger partial charge is 0.407 e. The maximum Gasteiger partial charge on any atom is 0.407 e. The van der Waals surface area contributed by atoms with E-state index >= 15 is 0 Å². The van der Waals surface area contributed by atoms with E-state index < -0.39 is 106 Å². The second-order valence-corrected chi connectivity index (χ2v) is 27.0. The Balaban J connectivity index is 1.23. The highest BCUT2D eigenvalue weighted by Gasteiger charge is 2.49. The normalized spacial score (nSPS) is 22.5. The van der Waals surface area contributed by atoms with Gasteiger partial charge < -0.3 is 49.8 Å². The van der Waals surface area contributed by atoms with E-state index in [9.17, 15) is 76.8 Å². The van der Waals surface area contributed by atoms with Crippen molar-refractivity contribution in [2.75, 3.05) is 69.0 Å². The minimum atomic E-state index is -4.66. The van der Waals surface area contributed by atoms with Crippen molar-refractivity contribution < 1.29 is 100 Å². The maximum absolute atomic E-state index is 12.8. The molecule has 2 aromatic rings. The number of anilines is 1. The third-order valence-electron chi connectivity index (χ3n) is 14.5. The van der Waals surface area contributed by atoms with Gasteiger partial charge in [-0.05, 0) is 87.4 Å². The van der Waals surface area contributed by atoms with Crippen LogP contribution in [-0.2, 0) is 75.0 Å². The quantitative estimate of drug-likeness (QED) is 0.0210. The van der Waals surface area contributed by atoms with Gasteiger partial charge in [0.05, 0.1) is 53.1 Å². The molecule has 29 heteroatoms. The van der Waals surface area contributed by atoms with Crippen molar-refractivity contribution in [2.45, 2.75) is 150 Å². The standard InChI is InChI=1S/C53H78N4O21S4/c1-5-6-25-55-51(62)78-49-48(61)47(60)43(36-58)77-50(49)76-31-30-75-29-26-54-46(59)19-11-8-13-27-56-41-22-20-37(81(69,70)71)34-39(41)52(2,3)44(56)17-9-7-10-18-45-53(4,24-12-15-32-79(63,64)65)40-35-38(82(72,73)74)21-23-42(40)57(45)28-14-16-33-80(66,67)68/h7,9-10,17-18,20-23,34-35,43,47-50,58,60-61H,5-6,8,11-16,19,24-33,36H2,1-4H3,(H5-,54,55,59,62,63,64,65,66,67,68,69,70,71,72,73,74)/p+1/t43-,47-,48+,49+,50+,53?/m1/s1. The van der Waals surface area contributed by atoms with Gasteiger partial charge in [0.15, 0.2) is 18.1 Å². The molecule has 6 atom stereocenters. The minimum absolute atomic E-state index is 0.0272. The van der Waals surface area contributed by atoms with Crippen LogP contribution in [0.5, 0.6) is 0 Å². The molecule has 3 heterocycles. The van der Waals surface area contributed by atoms with E-state index in [-0.39, 0.29) is 87.1 Å². The SMILES string of the molecule is CCCCNC(=O)O[C@@H]1[C@@H](OCCOCCNC(=O)CCCCCN2/C(=C/C=C/C=C/C3=[N+](CCCCS(=O)(=O)O)c4ccc(S(=O)(=O)O)cc4C3(C)CCCCS(=O)(=O)O)C(C)(C)c3cc(S(=O)(=O)O)ccc32)O[C@H](CO)[C@@H](O)[C@@H]1O. The van der Waals surface area contributed by atoms with Gasteiger partial charge in [-0.1, -0.05) is 58.3 Å². The molecule has 0 aliphatic carbocycles. The molecule has 0 saturated carbocycles. The van der Waals surface area contributed by atoms with Gasteiger partial charge in [-0.25, -0.2) is 4.79 Å². The van der Waals surface area contributed by atoms with Crippen molar-refractivity contribution in [2.24, 2.45) is 0 Å². The summed E-state index contributed by atoms with van der Waals surface area (Å²) in [5, 5.41) is 35.9. The first-order chi connectivity index (χ1) is 38.4. The number of alkyl carbamates (subject to hydrolysis) is 1. The van der Waals surface area contributed by atoms with E-state index in [0.29, 0.717) is 67.0 Å². The Labute approximate surface area is 480 Å². The number of benzene rings is 2. The Morgan fingerprint density at radius 1 is 0.744 bits per heavy atom. The van der Waals surface area contributed by atoms with Gasteiger partial charge in [0.1, 0.15) is 24.9 Å². The number of fused-ring (bicyclic) bond motifs is 2. The first-order valence-electron chi connectivity index (χ1n) is 27.1. The summed E-state index contributed by atoms with van der Waals surface area (Å²) in [4.78, 5) is 26.5. The Hall–Kier alpha value is -4.73. The van der Waals surface area contributed by atoms with Crippen molar-refractivity contribution in [3.05, 3.63) is 83.6 Å².